The van der Waals surface area contributed by atoms with Crippen molar-refractivity contribution in [3.63, 3.8) is 0 Å². The minimum Gasteiger partial charge on any atom is -0.358 e. The lowest BCUT2D eigenvalue weighted by Gasteiger charge is -2.27. The number of rotatable bonds is 0. The van der Waals surface area contributed by atoms with Crippen molar-refractivity contribution in [2.75, 3.05) is 0 Å². The molecule has 2 atom stereocenters. The van der Waals surface area contributed by atoms with Crippen LogP contribution in [0.4, 0.5) is 0 Å². The minimum absolute atomic E-state index is 0.360. The fourth-order valence-corrected chi connectivity index (χ4v) is 3.12. The molecule has 0 aromatic heterocycles. The molecule has 1 fully saturated rings. The first-order valence-electron chi connectivity index (χ1n) is 5.09. The molecule has 1 heterocycles. The Morgan fingerprint density at radius 2 is 2.20 bits per heavy atom. The molecule has 3 rings (SSSR count). The van der Waals surface area contributed by atoms with Gasteiger partial charge in [-0.05, 0) is 48.3 Å². The van der Waals surface area contributed by atoms with Gasteiger partial charge in [0.25, 0.3) is 0 Å². The third-order valence-corrected chi connectivity index (χ3v) is 3.90. The standard InChI is InChI=1S/C11H11BrN2S/c12-7-3-1-6-2-4-9-10(8(6)5-7)14-11(15)13-9/h1,3,5,9-10H,2,4H2,(H2,13,14,15). The zero-order chi connectivity index (χ0) is 10.4. The molecule has 2 aliphatic rings. The van der Waals surface area contributed by atoms with E-state index in [1.165, 1.54) is 11.1 Å². The molecule has 2 unspecified atom stereocenters. The highest BCUT2D eigenvalue weighted by molar-refractivity contribution is 9.10. The van der Waals surface area contributed by atoms with E-state index in [1.54, 1.807) is 0 Å². The van der Waals surface area contributed by atoms with Crippen LogP contribution in [0.15, 0.2) is 22.7 Å². The van der Waals surface area contributed by atoms with Gasteiger partial charge in [0, 0.05) is 4.47 Å². The van der Waals surface area contributed by atoms with Crippen LogP contribution in [-0.2, 0) is 6.42 Å². The van der Waals surface area contributed by atoms with Gasteiger partial charge in [-0.1, -0.05) is 22.0 Å². The second-order valence-corrected chi connectivity index (χ2v) is 5.41. The lowest BCUT2D eigenvalue weighted by atomic mass is 9.85. The maximum Gasteiger partial charge on any atom is 0.167 e. The molecule has 1 aliphatic heterocycles. The Morgan fingerprint density at radius 1 is 1.33 bits per heavy atom. The average Bonchev–Trinajstić information content (AvgIpc) is 2.58. The number of hydrogen-bond acceptors (Lipinski definition) is 1. The van der Waals surface area contributed by atoms with Crippen molar-refractivity contribution in [2.24, 2.45) is 0 Å². The van der Waals surface area contributed by atoms with Crippen LogP contribution in [0.5, 0.6) is 0 Å². The number of aryl methyl sites for hydroxylation is 1. The van der Waals surface area contributed by atoms with E-state index in [9.17, 15) is 0 Å². The van der Waals surface area contributed by atoms with Gasteiger partial charge in [0.15, 0.2) is 5.11 Å². The van der Waals surface area contributed by atoms with Crippen molar-refractivity contribution in [3.8, 4) is 0 Å². The summed E-state index contributed by atoms with van der Waals surface area (Å²) in [5, 5.41) is 7.45. The Labute approximate surface area is 103 Å². The number of thiocarbonyl (C=S) groups is 1. The largest absolute Gasteiger partial charge is 0.358 e. The van der Waals surface area contributed by atoms with Crippen LogP contribution in [0, 0.1) is 0 Å². The summed E-state index contributed by atoms with van der Waals surface area (Å²) in [7, 11) is 0. The van der Waals surface area contributed by atoms with Crippen LogP contribution in [0.25, 0.3) is 0 Å². The van der Waals surface area contributed by atoms with Crippen molar-refractivity contribution in [2.45, 2.75) is 24.9 Å². The van der Waals surface area contributed by atoms with Crippen LogP contribution in [0.3, 0.4) is 0 Å². The Hall–Kier alpha value is -0.610. The Kier molecular flexibility index (Phi) is 2.21. The van der Waals surface area contributed by atoms with Crippen molar-refractivity contribution in [1.29, 1.82) is 0 Å². The molecule has 2 N–H and O–H groups in total. The molecular weight excluding hydrogens is 272 g/mol. The Morgan fingerprint density at radius 3 is 3.07 bits per heavy atom. The maximum absolute atomic E-state index is 5.16. The average molecular weight is 283 g/mol. The van der Waals surface area contributed by atoms with Gasteiger partial charge in [-0.3, -0.25) is 0 Å². The SMILES string of the molecule is S=C1NC2CCc3ccc(Br)cc3C2N1. The quantitative estimate of drug-likeness (QED) is 0.714. The van der Waals surface area contributed by atoms with Gasteiger partial charge in [-0.25, -0.2) is 0 Å². The first-order chi connectivity index (χ1) is 7.24. The van der Waals surface area contributed by atoms with Crippen molar-refractivity contribution >= 4 is 33.3 Å². The molecule has 0 radical (unpaired) electrons. The van der Waals surface area contributed by atoms with Gasteiger partial charge in [-0.15, -0.1) is 0 Å². The topological polar surface area (TPSA) is 24.1 Å². The normalized spacial score (nSPS) is 27.7. The van der Waals surface area contributed by atoms with Gasteiger partial charge < -0.3 is 10.6 Å². The fraction of sp³-hybridized carbons (Fsp3) is 0.364. The number of halogens is 1. The van der Waals surface area contributed by atoms with E-state index in [1.807, 2.05) is 0 Å². The lowest BCUT2D eigenvalue weighted by molar-refractivity contribution is 0.466. The third kappa shape index (κ3) is 1.56. The summed E-state index contributed by atoms with van der Waals surface area (Å²) in [6.45, 7) is 0. The molecule has 0 amide bonds. The summed E-state index contributed by atoms with van der Waals surface area (Å²) in [6, 6.07) is 7.35. The molecule has 0 spiro atoms. The van der Waals surface area contributed by atoms with Crippen LogP contribution < -0.4 is 10.6 Å². The zero-order valence-corrected chi connectivity index (χ0v) is 10.5. The van der Waals surface area contributed by atoms with E-state index in [0.717, 1.165) is 22.4 Å². The predicted octanol–water partition coefficient (Wildman–Crippen LogP) is 2.28. The molecule has 0 bridgehead atoms. The molecule has 2 nitrogen and oxygen atoms in total. The summed E-state index contributed by atoms with van der Waals surface area (Å²) in [5.41, 5.74) is 2.83. The van der Waals surface area contributed by atoms with Crippen LogP contribution >= 0.6 is 28.1 Å². The van der Waals surface area contributed by atoms with Crippen LogP contribution in [0.2, 0.25) is 0 Å². The summed E-state index contributed by atoms with van der Waals surface area (Å²) in [5.74, 6) is 0. The molecule has 1 aromatic carbocycles. The van der Waals surface area contributed by atoms with E-state index in [-0.39, 0.29) is 0 Å². The van der Waals surface area contributed by atoms with E-state index in [2.05, 4.69) is 44.8 Å². The highest BCUT2D eigenvalue weighted by Crippen LogP contribution is 2.34. The Balaban J connectivity index is 2.06. The third-order valence-electron chi connectivity index (χ3n) is 3.17. The molecule has 1 aromatic rings. The van der Waals surface area contributed by atoms with E-state index in [4.69, 9.17) is 12.2 Å². The summed E-state index contributed by atoms with van der Waals surface area (Å²) in [4.78, 5) is 0. The number of fused-ring (bicyclic) bond motifs is 3. The fourth-order valence-electron chi connectivity index (χ4n) is 2.46. The maximum atomic E-state index is 5.16. The summed E-state index contributed by atoms with van der Waals surface area (Å²) < 4.78 is 1.14. The second-order valence-electron chi connectivity index (χ2n) is 4.08. The van der Waals surface area contributed by atoms with Crippen molar-refractivity contribution in [1.82, 2.24) is 10.6 Å². The van der Waals surface area contributed by atoms with Crippen molar-refractivity contribution < 1.29 is 0 Å². The van der Waals surface area contributed by atoms with Gasteiger partial charge in [0.1, 0.15) is 0 Å². The van der Waals surface area contributed by atoms with Gasteiger partial charge >= 0.3 is 0 Å². The molecule has 78 valence electrons. The first-order valence-corrected chi connectivity index (χ1v) is 6.29. The van der Waals surface area contributed by atoms with Gasteiger partial charge in [-0.2, -0.15) is 0 Å². The molecule has 1 aliphatic carbocycles. The van der Waals surface area contributed by atoms with Crippen molar-refractivity contribution in [3.05, 3.63) is 33.8 Å². The lowest BCUT2D eigenvalue weighted by Crippen LogP contribution is -2.31. The molecule has 15 heavy (non-hydrogen) atoms. The molecule has 1 saturated heterocycles. The molecular formula is C11H11BrN2S. The monoisotopic (exact) mass is 282 g/mol. The van der Waals surface area contributed by atoms with E-state index >= 15 is 0 Å². The Bertz CT molecular complexity index is 433. The van der Waals surface area contributed by atoms with Gasteiger partial charge in [0.2, 0.25) is 0 Å². The summed E-state index contributed by atoms with van der Waals surface area (Å²) in [6.07, 6.45) is 2.30. The number of nitrogens with one attached hydrogen (secondary N) is 2. The van der Waals surface area contributed by atoms with Gasteiger partial charge in [0.05, 0.1) is 12.1 Å². The summed E-state index contributed by atoms with van der Waals surface area (Å²) >= 11 is 8.68. The van der Waals surface area contributed by atoms with E-state index in [0.29, 0.717) is 12.1 Å². The second kappa shape index (κ2) is 3.46. The number of hydrogen-bond donors (Lipinski definition) is 2. The highest BCUT2D eigenvalue weighted by atomic mass is 79.9. The molecule has 0 saturated carbocycles. The zero-order valence-electron chi connectivity index (χ0n) is 8.09. The molecule has 4 heteroatoms. The minimum atomic E-state index is 0.360. The van der Waals surface area contributed by atoms with Crippen LogP contribution in [-0.4, -0.2) is 11.2 Å². The van der Waals surface area contributed by atoms with Crippen LogP contribution in [0.1, 0.15) is 23.6 Å². The van der Waals surface area contributed by atoms with E-state index < -0.39 is 0 Å². The number of benzene rings is 1. The highest BCUT2D eigenvalue weighted by Gasteiger charge is 2.35. The predicted molar refractivity (Wildman–Crippen MR) is 67.9 cm³/mol. The smallest absolute Gasteiger partial charge is 0.167 e. The first kappa shape index (κ1) is 9.60.